The topological polar surface area (TPSA) is 73.9 Å². The number of ether oxygens (including phenoxy) is 1. The van der Waals surface area contributed by atoms with E-state index in [1.165, 1.54) is 11.8 Å². The van der Waals surface area contributed by atoms with E-state index in [1.807, 2.05) is 19.9 Å². The number of pyridine rings is 1. The highest BCUT2D eigenvalue weighted by molar-refractivity contribution is 7.99. The number of nitrogens with zero attached hydrogens (tertiary/aromatic N) is 3. The maximum absolute atomic E-state index is 5.81. The average Bonchev–Trinajstić information content (AvgIpc) is 2.34. The minimum absolute atomic E-state index is 0.0385. The summed E-state index contributed by atoms with van der Waals surface area (Å²) in [5.41, 5.74) is 6.34. The quantitative estimate of drug-likeness (QED) is 0.912. The van der Waals surface area contributed by atoms with Gasteiger partial charge in [0.05, 0.1) is 18.0 Å². The Balaban J connectivity index is 2.19. The molecule has 2 aromatic heterocycles. The van der Waals surface area contributed by atoms with Crippen molar-refractivity contribution in [1.29, 1.82) is 0 Å². The van der Waals surface area contributed by atoms with Crippen molar-refractivity contribution in [3.05, 3.63) is 30.7 Å². The Labute approximate surface area is 110 Å². The second-order valence-electron chi connectivity index (χ2n) is 3.86. The number of hydrogen-bond donors (Lipinski definition) is 1. The Bertz CT molecular complexity index is 519. The number of aromatic nitrogens is 3. The fourth-order valence-corrected chi connectivity index (χ4v) is 1.96. The molecule has 0 unspecified atom stereocenters. The third-order valence-corrected chi connectivity index (χ3v) is 2.82. The van der Waals surface area contributed by atoms with Crippen LogP contribution in [0.5, 0.6) is 5.88 Å². The molecule has 0 aliphatic carbocycles. The van der Waals surface area contributed by atoms with Gasteiger partial charge < -0.3 is 10.5 Å². The summed E-state index contributed by atoms with van der Waals surface area (Å²) in [6.45, 7) is 3.87. The molecule has 0 radical (unpaired) electrons. The van der Waals surface area contributed by atoms with Crippen LogP contribution in [0.3, 0.4) is 0 Å². The van der Waals surface area contributed by atoms with Crippen molar-refractivity contribution in [1.82, 2.24) is 15.0 Å². The molecule has 0 saturated heterocycles. The van der Waals surface area contributed by atoms with Crippen LogP contribution in [-0.2, 0) is 0 Å². The van der Waals surface area contributed by atoms with Crippen LogP contribution in [0.15, 0.2) is 40.8 Å². The van der Waals surface area contributed by atoms with Crippen molar-refractivity contribution >= 4 is 17.4 Å². The maximum Gasteiger partial charge on any atom is 0.238 e. The Hall–Kier alpha value is -1.82. The fraction of sp³-hybridized carbons (Fsp3) is 0.250. The first-order chi connectivity index (χ1) is 8.65. The van der Waals surface area contributed by atoms with E-state index < -0.39 is 0 Å². The number of anilines is 1. The highest BCUT2D eigenvalue weighted by Crippen LogP contribution is 2.28. The average molecular weight is 262 g/mol. The summed E-state index contributed by atoms with van der Waals surface area (Å²) < 4.78 is 5.54. The van der Waals surface area contributed by atoms with E-state index in [0.29, 0.717) is 11.6 Å². The first-order valence-corrected chi connectivity index (χ1v) is 6.34. The number of hydrogen-bond acceptors (Lipinski definition) is 6. The number of rotatable bonds is 4. The Kier molecular flexibility index (Phi) is 3.99. The van der Waals surface area contributed by atoms with Gasteiger partial charge in [0.1, 0.15) is 10.1 Å². The predicted molar refractivity (Wildman–Crippen MR) is 70.6 cm³/mol. The molecule has 0 spiro atoms. The summed E-state index contributed by atoms with van der Waals surface area (Å²) in [6.07, 6.45) is 5.00. The second kappa shape index (κ2) is 5.68. The van der Waals surface area contributed by atoms with Gasteiger partial charge in [0.2, 0.25) is 5.88 Å². The third kappa shape index (κ3) is 3.33. The molecule has 2 heterocycles. The minimum atomic E-state index is 0.0385. The van der Waals surface area contributed by atoms with Crippen LogP contribution in [0.1, 0.15) is 13.8 Å². The lowest BCUT2D eigenvalue weighted by Gasteiger charge is -2.11. The molecule has 0 bridgehead atoms. The molecule has 94 valence electrons. The third-order valence-electron chi connectivity index (χ3n) is 1.96. The molecule has 0 fully saturated rings. The molecule has 0 aliphatic rings. The predicted octanol–water partition coefficient (Wildman–Crippen LogP) is 2.39. The second-order valence-corrected chi connectivity index (χ2v) is 4.90. The van der Waals surface area contributed by atoms with Crippen molar-refractivity contribution in [2.24, 2.45) is 0 Å². The van der Waals surface area contributed by atoms with E-state index in [0.717, 1.165) is 10.1 Å². The minimum Gasteiger partial charge on any atom is -0.473 e. The lowest BCUT2D eigenvalue weighted by molar-refractivity contribution is 0.232. The van der Waals surface area contributed by atoms with Crippen molar-refractivity contribution in [2.45, 2.75) is 30.0 Å². The maximum atomic E-state index is 5.81. The van der Waals surface area contributed by atoms with Crippen LogP contribution in [0.4, 0.5) is 5.69 Å². The van der Waals surface area contributed by atoms with Crippen LogP contribution in [0.25, 0.3) is 0 Å². The Morgan fingerprint density at radius 3 is 2.72 bits per heavy atom. The van der Waals surface area contributed by atoms with E-state index in [4.69, 9.17) is 10.5 Å². The van der Waals surface area contributed by atoms with Crippen molar-refractivity contribution in [3.63, 3.8) is 0 Å². The van der Waals surface area contributed by atoms with Crippen LogP contribution in [-0.4, -0.2) is 21.1 Å². The number of nitrogens with two attached hydrogens (primary N) is 1. The summed E-state index contributed by atoms with van der Waals surface area (Å²) in [7, 11) is 0. The summed E-state index contributed by atoms with van der Waals surface area (Å²) >= 11 is 1.42. The molecule has 0 aromatic carbocycles. The summed E-state index contributed by atoms with van der Waals surface area (Å²) in [5, 5.41) is 1.56. The molecule has 0 saturated carbocycles. The molecule has 2 N–H and O–H groups in total. The zero-order chi connectivity index (χ0) is 13.0. The van der Waals surface area contributed by atoms with Gasteiger partial charge in [-0.3, -0.25) is 4.98 Å². The molecule has 0 amide bonds. The van der Waals surface area contributed by atoms with E-state index in [2.05, 4.69) is 15.0 Å². The van der Waals surface area contributed by atoms with Crippen molar-refractivity contribution in [3.8, 4) is 5.88 Å². The summed E-state index contributed by atoms with van der Waals surface area (Å²) in [5.74, 6) is 0.457. The normalized spacial score (nSPS) is 10.6. The van der Waals surface area contributed by atoms with Crippen molar-refractivity contribution < 1.29 is 4.74 Å². The van der Waals surface area contributed by atoms with E-state index in [-0.39, 0.29) is 6.10 Å². The molecule has 5 nitrogen and oxygen atoms in total. The van der Waals surface area contributed by atoms with Gasteiger partial charge in [0.25, 0.3) is 0 Å². The van der Waals surface area contributed by atoms with Crippen LogP contribution in [0.2, 0.25) is 0 Å². The lowest BCUT2D eigenvalue weighted by Crippen LogP contribution is -2.09. The number of nitrogen functional groups attached to an aromatic ring is 1. The van der Waals surface area contributed by atoms with Crippen molar-refractivity contribution in [2.75, 3.05) is 5.73 Å². The largest absolute Gasteiger partial charge is 0.473 e. The molecule has 2 aromatic rings. The van der Waals surface area contributed by atoms with Gasteiger partial charge in [-0.1, -0.05) is 0 Å². The molecular weight excluding hydrogens is 248 g/mol. The highest BCUT2D eigenvalue weighted by Gasteiger charge is 2.08. The van der Waals surface area contributed by atoms with Crippen LogP contribution >= 0.6 is 11.8 Å². The zero-order valence-corrected chi connectivity index (χ0v) is 11.0. The van der Waals surface area contributed by atoms with Gasteiger partial charge in [-0.2, -0.15) is 0 Å². The Morgan fingerprint density at radius 1 is 1.22 bits per heavy atom. The molecule has 2 rings (SSSR count). The zero-order valence-electron chi connectivity index (χ0n) is 10.2. The van der Waals surface area contributed by atoms with E-state index in [1.54, 1.807) is 24.7 Å². The van der Waals surface area contributed by atoms with Gasteiger partial charge in [0, 0.05) is 12.4 Å². The summed E-state index contributed by atoms with van der Waals surface area (Å²) in [4.78, 5) is 12.5. The smallest absolute Gasteiger partial charge is 0.238 e. The molecular formula is C12H14N4OS. The monoisotopic (exact) mass is 262 g/mol. The first kappa shape index (κ1) is 12.6. The lowest BCUT2D eigenvalue weighted by atomic mass is 10.4. The van der Waals surface area contributed by atoms with Crippen LogP contribution in [0, 0.1) is 0 Å². The van der Waals surface area contributed by atoms with E-state index >= 15 is 0 Å². The fourth-order valence-electron chi connectivity index (χ4n) is 1.25. The standard InChI is InChI=1S/C12H14N4OS/c1-8(2)17-12-9(13)3-4-10(16-12)18-11-7-14-5-6-15-11/h3-8H,13H2,1-2H3. The Morgan fingerprint density at radius 2 is 2.06 bits per heavy atom. The molecule has 18 heavy (non-hydrogen) atoms. The van der Waals surface area contributed by atoms with Gasteiger partial charge in [-0.15, -0.1) is 0 Å². The molecule has 0 atom stereocenters. The summed E-state index contributed by atoms with van der Waals surface area (Å²) in [6, 6.07) is 3.62. The molecule has 6 heteroatoms. The van der Waals surface area contributed by atoms with Crippen LogP contribution < -0.4 is 10.5 Å². The van der Waals surface area contributed by atoms with Gasteiger partial charge in [0.15, 0.2) is 0 Å². The first-order valence-electron chi connectivity index (χ1n) is 5.52. The SMILES string of the molecule is CC(C)Oc1nc(Sc2cnccn2)ccc1N. The van der Waals surface area contributed by atoms with Gasteiger partial charge in [-0.05, 0) is 37.7 Å². The highest BCUT2D eigenvalue weighted by atomic mass is 32.2. The van der Waals surface area contributed by atoms with E-state index in [9.17, 15) is 0 Å². The molecule has 0 aliphatic heterocycles. The van der Waals surface area contributed by atoms with Gasteiger partial charge in [-0.25, -0.2) is 9.97 Å². The van der Waals surface area contributed by atoms with Gasteiger partial charge >= 0.3 is 0 Å².